The van der Waals surface area contributed by atoms with Crippen LogP contribution < -0.4 is 14.4 Å². The summed E-state index contributed by atoms with van der Waals surface area (Å²) in [5, 5.41) is 9.51. The van der Waals surface area contributed by atoms with E-state index in [2.05, 4.69) is 9.88 Å². The average Bonchev–Trinajstić information content (AvgIpc) is 3.09. The monoisotopic (exact) mass is 614 g/mol. The van der Waals surface area contributed by atoms with Crippen LogP contribution >= 0.6 is 0 Å². The van der Waals surface area contributed by atoms with Crippen LogP contribution in [0, 0.1) is 23.0 Å². The SMILES string of the molecule is CC.OCC1CCC2(CC1)CCN(c1cc(F)c(-c3ccc(OCc4ccccc4)nc3OCc3ccccc3)c(F)c1)CC2. The Bertz CT molecular complexity index is 1480. The molecule has 5 nitrogen and oxygen atoms in total. The third kappa shape index (κ3) is 8.01. The summed E-state index contributed by atoms with van der Waals surface area (Å²) in [6, 6.07) is 25.4. The molecule has 1 N–H and O–H groups in total. The van der Waals surface area contributed by atoms with E-state index in [0.29, 0.717) is 29.5 Å². The molecule has 7 heteroatoms. The van der Waals surface area contributed by atoms with Gasteiger partial charge in [0, 0.05) is 31.5 Å². The van der Waals surface area contributed by atoms with Crippen molar-refractivity contribution in [2.45, 2.75) is 65.6 Å². The highest BCUT2D eigenvalue weighted by Crippen LogP contribution is 2.47. The highest BCUT2D eigenvalue weighted by Gasteiger charge is 2.38. The Morgan fingerprint density at radius 1 is 0.778 bits per heavy atom. The van der Waals surface area contributed by atoms with Gasteiger partial charge in [0.2, 0.25) is 11.8 Å². The number of aromatic nitrogens is 1. The van der Waals surface area contributed by atoms with E-state index in [-0.39, 0.29) is 30.2 Å². The van der Waals surface area contributed by atoms with Crippen molar-refractivity contribution in [3.05, 3.63) is 108 Å². The van der Waals surface area contributed by atoms with E-state index in [9.17, 15) is 5.11 Å². The molecule has 1 saturated heterocycles. The zero-order valence-electron chi connectivity index (χ0n) is 26.4. The van der Waals surface area contributed by atoms with E-state index in [1.54, 1.807) is 12.1 Å². The van der Waals surface area contributed by atoms with Gasteiger partial charge in [0.25, 0.3) is 0 Å². The van der Waals surface area contributed by atoms with Crippen molar-refractivity contribution >= 4 is 5.69 Å². The Hall–Kier alpha value is -3.97. The first-order chi connectivity index (χ1) is 22.0. The lowest BCUT2D eigenvalue weighted by Crippen LogP contribution is -2.42. The number of rotatable bonds is 9. The topological polar surface area (TPSA) is 54.8 Å². The van der Waals surface area contributed by atoms with Crippen molar-refractivity contribution in [1.82, 2.24) is 4.98 Å². The van der Waals surface area contributed by atoms with Gasteiger partial charge in [-0.1, -0.05) is 74.5 Å². The second-order valence-corrected chi connectivity index (χ2v) is 11.9. The summed E-state index contributed by atoms with van der Waals surface area (Å²) in [5.41, 5.74) is 2.82. The van der Waals surface area contributed by atoms with Gasteiger partial charge in [-0.05, 0) is 79.2 Å². The Balaban J connectivity index is 0.00000196. The Labute approximate surface area is 265 Å². The Morgan fingerprint density at radius 3 is 1.89 bits per heavy atom. The van der Waals surface area contributed by atoms with Crippen molar-refractivity contribution in [2.75, 3.05) is 24.6 Å². The van der Waals surface area contributed by atoms with E-state index in [1.165, 1.54) is 12.1 Å². The molecule has 1 spiro atoms. The predicted octanol–water partition coefficient (Wildman–Crippen LogP) is 8.98. The number of anilines is 1. The molecule has 0 radical (unpaired) electrons. The average molecular weight is 615 g/mol. The lowest BCUT2D eigenvalue weighted by atomic mass is 9.65. The summed E-state index contributed by atoms with van der Waals surface area (Å²) < 4.78 is 43.5. The number of piperidine rings is 1. The Kier molecular flexibility index (Phi) is 11.1. The summed E-state index contributed by atoms with van der Waals surface area (Å²) in [7, 11) is 0. The van der Waals surface area contributed by atoms with Crippen LogP contribution in [-0.4, -0.2) is 29.8 Å². The van der Waals surface area contributed by atoms with Gasteiger partial charge in [-0.15, -0.1) is 0 Å². The fraction of sp³-hybridized carbons (Fsp3) is 0.395. The fourth-order valence-corrected chi connectivity index (χ4v) is 6.47. The third-order valence-electron chi connectivity index (χ3n) is 9.19. The summed E-state index contributed by atoms with van der Waals surface area (Å²) in [5.74, 6) is -0.465. The summed E-state index contributed by atoms with van der Waals surface area (Å²) >= 11 is 0. The van der Waals surface area contributed by atoms with Crippen LogP contribution in [0.3, 0.4) is 0 Å². The van der Waals surface area contributed by atoms with E-state index >= 15 is 8.78 Å². The molecule has 4 aromatic rings. The van der Waals surface area contributed by atoms with Crippen LogP contribution in [0.5, 0.6) is 11.8 Å². The standard InChI is InChI=1S/C36H38F2N2O3.C2H6/c37-31-21-29(40-19-17-36(18-20-40)15-13-26(23-41)14-16-36)22-32(38)34(31)30-11-12-33(42-24-27-7-3-1-4-8-27)39-35(30)43-25-28-9-5-2-6-10-28;1-2/h1-12,21-22,26,41H,13-20,23-25H2;1-2H3. The van der Waals surface area contributed by atoms with Crippen LogP contribution in [0.25, 0.3) is 11.1 Å². The zero-order chi connectivity index (χ0) is 31.6. The number of pyridine rings is 1. The second kappa shape index (κ2) is 15.3. The predicted molar refractivity (Wildman–Crippen MR) is 175 cm³/mol. The van der Waals surface area contributed by atoms with Gasteiger partial charge in [-0.25, -0.2) is 8.78 Å². The molecule has 0 unspecified atom stereocenters. The maximum Gasteiger partial charge on any atom is 0.225 e. The summed E-state index contributed by atoms with van der Waals surface area (Å²) in [6.45, 7) is 6.30. The number of hydrogen-bond donors (Lipinski definition) is 1. The molecule has 0 atom stereocenters. The number of hydrogen-bond acceptors (Lipinski definition) is 5. The van der Waals surface area contributed by atoms with Crippen molar-refractivity contribution in [3.63, 3.8) is 0 Å². The van der Waals surface area contributed by atoms with E-state index in [0.717, 1.165) is 62.7 Å². The van der Waals surface area contributed by atoms with Crippen molar-refractivity contribution in [1.29, 1.82) is 0 Å². The molecule has 1 aromatic heterocycles. The van der Waals surface area contributed by atoms with E-state index < -0.39 is 11.6 Å². The highest BCUT2D eigenvalue weighted by atomic mass is 19.1. The first kappa shape index (κ1) is 32.4. The van der Waals surface area contributed by atoms with Gasteiger partial charge < -0.3 is 19.5 Å². The molecular weight excluding hydrogens is 570 g/mol. The van der Waals surface area contributed by atoms with Crippen LogP contribution in [0.2, 0.25) is 0 Å². The normalized spacial score (nSPS) is 16.2. The number of nitrogens with zero attached hydrogens (tertiary/aromatic N) is 2. The van der Waals surface area contributed by atoms with E-state index in [1.807, 2.05) is 74.5 Å². The molecular formula is C38H44F2N2O3. The van der Waals surface area contributed by atoms with Crippen LogP contribution in [0.4, 0.5) is 14.5 Å². The first-order valence-corrected chi connectivity index (χ1v) is 16.2. The molecule has 0 bridgehead atoms. The molecule has 45 heavy (non-hydrogen) atoms. The van der Waals surface area contributed by atoms with Gasteiger partial charge in [-0.2, -0.15) is 4.98 Å². The quantitative estimate of drug-likeness (QED) is 0.204. The van der Waals surface area contributed by atoms with Crippen LogP contribution in [-0.2, 0) is 13.2 Å². The van der Waals surface area contributed by atoms with Crippen molar-refractivity contribution < 1.29 is 23.4 Å². The summed E-state index contributed by atoms with van der Waals surface area (Å²) in [6.07, 6.45) is 6.37. The smallest absolute Gasteiger partial charge is 0.225 e. The minimum absolute atomic E-state index is 0.110. The lowest BCUT2D eigenvalue weighted by molar-refractivity contribution is 0.0856. The van der Waals surface area contributed by atoms with Gasteiger partial charge in [0.05, 0.1) is 11.1 Å². The van der Waals surface area contributed by atoms with E-state index in [4.69, 9.17) is 9.47 Å². The molecule has 1 aliphatic heterocycles. The minimum Gasteiger partial charge on any atom is -0.473 e. The fourth-order valence-electron chi connectivity index (χ4n) is 6.47. The molecule has 6 rings (SSSR count). The number of aliphatic hydroxyl groups excluding tert-OH is 1. The third-order valence-corrected chi connectivity index (χ3v) is 9.19. The molecule has 0 amide bonds. The number of ether oxygens (including phenoxy) is 2. The molecule has 2 aliphatic rings. The molecule has 238 valence electrons. The maximum atomic E-state index is 15.8. The van der Waals surface area contributed by atoms with Gasteiger partial charge in [0.1, 0.15) is 24.8 Å². The highest BCUT2D eigenvalue weighted by molar-refractivity contribution is 5.72. The maximum absolute atomic E-state index is 15.8. The number of benzene rings is 3. The van der Waals surface area contributed by atoms with Crippen LogP contribution in [0.15, 0.2) is 84.9 Å². The number of halogens is 2. The zero-order valence-corrected chi connectivity index (χ0v) is 26.4. The van der Waals surface area contributed by atoms with Crippen molar-refractivity contribution in [2.24, 2.45) is 11.3 Å². The lowest BCUT2D eigenvalue weighted by Gasteiger charge is -2.46. The second-order valence-electron chi connectivity index (χ2n) is 11.9. The molecule has 1 aliphatic carbocycles. The van der Waals surface area contributed by atoms with Crippen LogP contribution in [0.1, 0.15) is 63.5 Å². The summed E-state index contributed by atoms with van der Waals surface area (Å²) in [4.78, 5) is 6.62. The van der Waals surface area contributed by atoms with Gasteiger partial charge in [-0.3, -0.25) is 0 Å². The molecule has 3 aromatic carbocycles. The molecule has 2 fully saturated rings. The molecule has 1 saturated carbocycles. The van der Waals surface area contributed by atoms with Gasteiger partial charge in [0.15, 0.2) is 0 Å². The minimum atomic E-state index is -0.650. The van der Waals surface area contributed by atoms with Crippen molar-refractivity contribution in [3.8, 4) is 22.9 Å². The first-order valence-electron chi connectivity index (χ1n) is 16.2. The van der Waals surface area contributed by atoms with Gasteiger partial charge >= 0.3 is 0 Å². The largest absolute Gasteiger partial charge is 0.473 e. The Morgan fingerprint density at radius 2 is 1.33 bits per heavy atom. The number of aliphatic hydroxyl groups is 1. The molecule has 2 heterocycles.